The number of amides is 2. The summed E-state index contributed by atoms with van der Waals surface area (Å²) < 4.78 is 26.3. The van der Waals surface area contributed by atoms with E-state index in [2.05, 4.69) is 15.8 Å². The van der Waals surface area contributed by atoms with Crippen LogP contribution in [0, 0.1) is 11.6 Å². The number of hydrogen-bond donors (Lipinski definition) is 2. The first kappa shape index (κ1) is 14.2. The maximum absolute atomic E-state index is 13.3. The molecule has 2 N–H and O–H groups in total. The van der Waals surface area contributed by atoms with Crippen LogP contribution in [0.2, 0.25) is 0 Å². The zero-order valence-electron chi connectivity index (χ0n) is 11.2. The van der Waals surface area contributed by atoms with E-state index < -0.39 is 23.3 Å². The Labute approximate surface area is 115 Å². The molecule has 2 rings (SSSR count). The number of carbonyl (C=O) groups excluding carboxylic acids is 1. The Balaban J connectivity index is 1.88. The van der Waals surface area contributed by atoms with E-state index in [-0.39, 0.29) is 12.2 Å². The Kier molecular flexibility index (Phi) is 3.87. The summed E-state index contributed by atoms with van der Waals surface area (Å²) in [5.74, 6) is -1.33. The molecule has 0 aromatic heterocycles. The van der Waals surface area contributed by atoms with Gasteiger partial charge in [-0.2, -0.15) is 0 Å². The number of urea groups is 1. The molecule has 1 atom stereocenters. The summed E-state index contributed by atoms with van der Waals surface area (Å²) in [5.41, 5.74) is 0.0142. The first-order chi connectivity index (χ1) is 9.38. The monoisotopic (exact) mass is 283 g/mol. The largest absolute Gasteiger partial charge is 0.387 e. The minimum atomic E-state index is -0.705. The molecule has 0 aliphatic carbocycles. The Morgan fingerprint density at radius 1 is 1.50 bits per heavy atom. The zero-order valence-corrected chi connectivity index (χ0v) is 11.2. The Morgan fingerprint density at radius 3 is 2.90 bits per heavy atom. The van der Waals surface area contributed by atoms with Gasteiger partial charge in [0.05, 0.1) is 17.9 Å². The molecule has 1 aromatic carbocycles. The van der Waals surface area contributed by atoms with Gasteiger partial charge in [0.1, 0.15) is 11.6 Å². The number of nitrogens with one attached hydrogen (secondary N) is 2. The van der Waals surface area contributed by atoms with Gasteiger partial charge in [-0.1, -0.05) is 5.16 Å². The predicted octanol–water partition coefficient (Wildman–Crippen LogP) is 2.64. The SMILES string of the molecule is CC1=NO[C@](C)(CNC(=O)Nc2cc(F)ccc2F)C1. The van der Waals surface area contributed by atoms with Gasteiger partial charge in [-0.25, -0.2) is 13.6 Å². The molecule has 1 heterocycles. The molecule has 0 saturated heterocycles. The third kappa shape index (κ3) is 3.43. The van der Waals surface area contributed by atoms with Crippen LogP contribution in [-0.4, -0.2) is 23.9 Å². The standard InChI is InChI=1S/C13H15F2N3O2/c1-8-6-13(2,20-18-8)7-16-12(19)17-11-5-9(14)3-4-10(11)15/h3-5H,6-7H2,1-2H3,(H2,16,17,19)/t13-/m0/s1. The van der Waals surface area contributed by atoms with Crippen molar-refractivity contribution in [2.24, 2.45) is 5.16 Å². The highest BCUT2D eigenvalue weighted by atomic mass is 19.1. The normalized spacial score (nSPS) is 21.1. The molecule has 0 bridgehead atoms. The second kappa shape index (κ2) is 5.44. The first-order valence-corrected chi connectivity index (χ1v) is 6.09. The van der Waals surface area contributed by atoms with Gasteiger partial charge < -0.3 is 15.5 Å². The molecule has 20 heavy (non-hydrogen) atoms. The fraction of sp³-hybridized carbons (Fsp3) is 0.385. The van der Waals surface area contributed by atoms with Gasteiger partial charge in [0, 0.05) is 12.5 Å². The molecule has 1 aliphatic rings. The Morgan fingerprint density at radius 2 is 2.25 bits per heavy atom. The number of hydrogen-bond acceptors (Lipinski definition) is 3. The van der Waals surface area contributed by atoms with Crippen LogP contribution < -0.4 is 10.6 Å². The first-order valence-electron chi connectivity index (χ1n) is 6.09. The molecular formula is C13H15F2N3O2. The van der Waals surface area contributed by atoms with Crippen molar-refractivity contribution in [3.8, 4) is 0 Å². The third-order valence-electron chi connectivity index (χ3n) is 2.85. The van der Waals surface area contributed by atoms with Gasteiger partial charge in [0.2, 0.25) is 0 Å². The van der Waals surface area contributed by atoms with Crippen molar-refractivity contribution in [2.45, 2.75) is 25.9 Å². The quantitative estimate of drug-likeness (QED) is 0.895. The van der Waals surface area contributed by atoms with Gasteiger partial charge in [0.25, 0.3) is 0 Å². The highest BCUT2D eigenvalue weighted by molar-refractivity contribution is 5.89. The number of carbonyl (C=O) groups is 1. The number of anilines is 1. The van der Waals surface area contributed by atoms with E-state index in [1.807, 2.05) is 6.92 Å². The minimum absolute atomic E-state index is 0.205. The van der Waals surface area contributed by atoms with Crippen molar-refractivity contribution in [3.63, 3.8) is 0 Å². The Hall–Kier alpha value is -2.18. The van der Waals surface area contributed by atoms with Crippen LogP contribution in [0.4, 0.5) is 19.3 Å². The third-order valence-corrected chi connectivity index (χ3v) is 2.85. The summed E-state index contributed by atoms with van der Waals surface area (Å²) >= 11 is 0. The average molecular weight is 283 g/mol. The fourth-order valence-corrected chi connectivity index (χ4v) is 1.92. The topological polar surface area (TPSA) is 62.7 Å². The second-order valence-corrected chi connectivity index (χ2v) is 4.98. The van der Waals surface area contributed by atoms with Crippen molar-refractivity contribution in [1.82, 2.24) is 5.32 Å². The molecule has 7 heteroatoms. The van der Waals surface area contributed by atoms with Gasteiger partial charge in [0.15, 0.2) is 5.60 Å². The van der Waals surface area contributed by atoms with Gasteiger partial charge in [-0.05, 0) is 26.0 Å². The van der Waals surface area contributed by atoms with E-state index in [0.717, 1.165) is 23.9 Å². The van der Waals surface area contributed by atoms with E-state index in [4.69, 9.17) is 4.84 Å². The molecule has 0 radical (unpaired) electrons. The van der Waals surface area contributed by atoms with Crippen LogP contribution in [0.25, 0.3) is 0 Å². The van der Waals surface area contributed by atoms with Gasteiger partial charge >= 0.3 is 6.03 Å². The van der Waals surface area contributed by atoms with Gasteiger partial charge in [-0.3, -0.25) is 0 Å². The van der Waals surface area contributed by atoms with Crippen molar-refractivity contribution in [3.05, 3.63) is 29.8 Å². The van der Waals surface area contributed by atoms with Crippen LogP contribution in [0.15, 0.2) is 23.4 Å². The van der Waals surface area contributed by atoms with Gasteiger partial charge in [-0.15, -0.1) is 0 Å². The van der Waals surface area contributed by atoms with E-state index in [1.165, 1.54) is 0 Å². The summed E-state index contributed by atoms with van der Waals surface area (Å²) in [6.07, 6.45) is 0.599. The smallest absolute Gasteiger partial charge is 0.319 e. The maximum atomic E-state index is 13.3. The van der Waals surface area contributed by atoms with Crippen LogP contribution >= 0.6 is 0 Å². The highest BCUT2D eigenvalue weighted by Crippen LogP contribution is 2.22. The van der Waals surface area contributed by atoms with Crippen LogP contribution in [-0.2, 0) is 4.84 Å². The van der Waals surface area contributed by atoms with E-state index in [0.29, 0.717) is 6.42 Å². The van der Waals surface area contributed by atoms with Crippen molar-refractivity contribution < 1.29 is 18.4 Å². The van der Waals surface area contributed by atoms with E-state index in [1.54, 1.807) is 6.92 Å². The lowest BCUT2D eigenvalue weighted by Gasteiger charge is -2.21. The molecule has 0 saturated carbocycles. The minimum Gasteiger partial charge on any atom is -0.387 e. The lowest BCUT2D eigenvalue weighted by atomic mass is 10.0. The second-order valence-electron chi connectivity index (χ2n) is 4.98. The van der Waals surface area contributed by atoms with Crippen LogP contribution in [0.1, 0.15) is 20.3 Å². The number of nitrogens with zero attached hydrogens (tertiary/aromatic N) is 1. The van der Waals surface area contributed by atoms with Crippen molar-refractivity contribution in [2.75, 3.05) is 11.9 Å². The van der Waals surface area contributed by atoms with E-state index >= 15 is 0 Å². The number of benzene rings is 1. The molecule has 0 fully saturated rings. The molecule has 5 nitrogen and oxygen atoms in total. The summed E-state index contributed by atoms with van der Waals surface area (Å²) in [4.78, 5) is 16.9. The Bertz CT molecular complexity index is 563. The number of halogens is 2. The molecule has 0 spiro atoms. The summed E-state index contributed by atoms with van der Waals surface area (Å²) in [6.45, 7) is 3.83. The van der Waals surface area contributed by atoms with E-state index in [9.17, 15) is 13.6 Å². The molecule has 1 aromatic rings. The molecule has 2 amide bonds. The number of rotatable bonds is 3. The van der Waals surface area contributed by atoms with Crippen molar-refractivity contribution in [1.29, 1.82) is 0 Å². The summed E-state index contributed by atoms with van der Waals surface area (Å²) in [7, 11) is 0. The maximum Gasteiger partial charge on any atom is 0.319 e. The lowest BCUT2D eigenvalue weighted by Crippen LogP contribution is -2.42. The molecule has 1 aliphatic heterocycles. The number of oxime groups is 1. The average Bonchev–Trinajstić information content (AvgIpc) is 2.72. The fourth-order valence-electron chi connectivity index (χ4n) is 1.92. The van der Waals surface area contributed by atoms with Crippen LogP contribution in [0.3, 0.4) is 0 Å². The van der Waals surface area contributed by atoms with Crippen LogP contribution in [0.5, 0.6) is 0 Å². The zero-order chi connectivity index (χ0) is 14.8. The summed E-state index contributed by atoms with van der Waals surface area (Å²) in [5, 5.41) is 8.60. The molecule has 108 valence electrons. The lowest BCUT2D eigenvalue weighted by molar-refractivity contribution is -0.0000970. The highest BCUT2D eigenvalue weighted by Gasteiger charge is 2.32. The molecular weight excluding hydrogens is 268 g/mol. The molecule has 0 unspecified atom stereocenters. The van der Waals surface area contributed by atoms with Crippen molar-refractivity contribution >= 4 is 17.4 Å². The predicted molar refractivity (Wildman–Crippen MR) is 70.6 cm³/mol. The summed E-state index contributed by atoms with van der Waals surface area (Å²) in [6, 6.07) is 2.20.